The summed E-state index contributed by atoms with van der Waals surface area (Å²) in [6, 6.07) is 2.17. The molecule has 1 aliphatic carbocycles. The van der Waals surface area contributed by atoms with Crippen LogP contribution in [0.4, 0.5) is 0 Å². The first-order valence-electron chi connectivity index (χ1n) is 5.56. The van der Waals surface area contributed by atoms with E-state index in [-0.39, 0.29) is 18.6 Å². The van der Waals surface area contributed by atoms with Crippen LogP contribution in [0.5, 0.6) is 0 Å². The molecule has 2 aromatic heterocycles. The summed E-state index contributed by atoms with van der Waals surface area (Å²) in [5.74, 6) is 0.245. The zero-order valence-electron chi connectivity index (χ0n) is 9.12. The number of aliphatic hydroxyl groups excluding tert-OH is 1. The van der Waals surface area contributed by atoms with Crippen molar-refractivity contribution >= 4 is 22.6 Å². The monoisotopic (exact) mass is 249 g/mol. The normalized spacial score (nSPS) is 23.6. The standard InChI is InChI=1S/C12H12ClN3O/c13-11-10-3-4-16(12(10)15-7-14-11)9-2-1-8(5-9)6-17/h1-4,7-9,17H,5-6H2/t8-,9+/m1/s1. The largest absolute Gasteiger partial charge is 0.396 e. The highest BCUT2D eigenvalue weighted by Gasteiger charge is 2.21. The predicted octanol–water partition coefficient (Wildman–Crippen LogP) is 2.19. The van der Waals surface area contributed by atoms with E-state index in [4.69, 9.17) is 16.7 Å². The SMILES string of the molecule is OC[C@@H]1C=C[C@H](n2ccc3c(Cl)ncnc32)C1. The van der Waals surface area contributed by atoms with Gasteiger partial charge in [-0.25, -0.2) is 9.97 Å². The van der Waals surface area contributed by atoms with Crippen molar-refractivity contribution in [3.63, 3.8) is 0 Å². The van der Waals surface area contributed by atoms with E-state index in [9.17, 15) is 0 Å². The average Bonchev–Trinajstić information content (AvgIpc) is 2.94. The Labute approximate surface area is 104 Å². The van der Waals surface area contributed by atoms with Gasteiger partial charge in [0, 0.05) is 18.7 Å². The second-order valence-corrected chi connectivity index (χ2v) is 4.61. The highest BCUT2D eigenvalue weighted by molar-refractivity contribution is 6.33. The van der Waals surface area contributed by atoms with E-state index in [2.05, 4.69) is 26.7 Å². The summed E-state index contributed by atoms with van der Waals surface area (Å²) >= 11 is 6.01. The first kappa shape index (κ1) is 10.7. The van der Waals surface area contributed by atoms with Gasteiger partial charge in [0.15, 0.2) is 0 Å². The Bertz CT molecular complexity index is 578. The van der Waals surface area contributed by atoms with E-state index < -0.39 is 0 Å². The molecular formula is C12H12ClN3O. The maximum absolute atomic E-state index is 9.13. The fraction of sp³-hybridized carbons (Fsp3) is 0.333. The summed E-state index contributed by atoms with van der Waals surface area (Å²) in [5, 5.41) is 10.5. The topological polar surface area (TPSA) is 50.9 Å². The Morgan fingerprint density at radius 2 is 2.29 bits per heavy atom. The van der Waals surface area contributed by atoms with Crippen LogP contribution in [0.3, 0.4) is 0 Å². The highest BCUT2D eigenvalue weighted by atomic mass is 35.5. The minimum atomic E-state index is 0.196. The van der Waals surface area contributed by atoms with Crippen LogP contribution in [0, 0.1) is 5.92 Å². The third-order valence-corrected chi connectivity index (χ3v) is 3.50. The molecule has 17 heavy (non-hydrogen) atoms. The molecule has 3 rings (SSSR count). The Balaban J connectivity index is 2.02. The Kier molecular flexibility index (Phi) is 2.61. The number of rotatable bonds is 2. The quantitative estimate of drug-likeness (QED) is 0.656. The molecule has 0 aromatic carbocycles. The van der Waals surface area contributed by atoms with Crippen LogP contribution in [-0.4, -0.2) is 26.2 Å². The van der Waals surface area contributed by atoms with Gasteiger partial charge in [-0.05, 0) is 12.5 Å². The van der Waals surface area contributed by atoms with Gasteiger partial charge in [0.25, 0.3) is 0 Å². The molecule has 2 aromatic rings. The number of hydrogen-bond acceptors (Lipinski definition) is 3. The van der Waals surface area contributed by atoms with Crippen molar-refractivity contribution in [1.82, 2.24) is 14.5 Å². The van der Waals surface area contributed by atoms with Gasteiger partial charge in [0.1, 0.15) is 17.1 Å². The van der Waals surface area contributed by atoms with Gasteiger partial charge in [0.05, 0.1) is 11.4 Å². The molecule has 0 saturated heterocycles. The van der Waals surface area contributed by atoms with Gasteiger partial charge >= 0.3 is 0 Å². The fourth-order valence-electron chi connectivity index (χ4n) is 2.30. The van der Waals surface area contributed by atoms with Crippen LogP contribution < -0.4 is 0 Å². The maximum Gasteiger partial charge on any atom is 0.145 e. The summed E-state index contributed by atoms with van der Waals surface area (Å²) in [6.07, 6.45) is 8.51. The minimum absolute atomic E-state index is 0.196. The van der Waals surface area contributed by atoms with Gasteiger partial charge in [-0.15, -0.1) is 0 Å². The van der Waals surface area contributed by atoms with Crippen molar-refractivity contribution in [2.45, 2.75) is 12.5 Å². The molecule has 4 nitrogen and oxygen atoms in total. The van der Waals surface area contributed by atoms with Gasteiger partial charge in [-0.1, -0.05) is 23.8 Å². The Hall–Kier alpha value is -1.39. The van der Waals surface area contributed by atoms with Gasteiger partial charge in [-0.3, -0.25) is 0 Å². The van der Waals surface area contributed by atoms with Crippen LogP contribution in [0.15, 0.2) is 30.7 Å². The third kappa shape index (κ3) is 1.73. The van der Waals surface area contributed by atoms with E-state index in [0.717, 1.165) is 17.5 Å². The summed E-state index contributed by atoms with van der Waals surface area (Å²) in [7, 11) is 0. The molecule has 0 unspecified atom stereocenters. The predicted molar refractivity (Wildman–Crippen MR) is 65.9 cm³/mol. The fourth-order valence-corrected chi connectivity index (χ4v) is 2.49. The lowest BCUT2D eigenvalue weighted by molar-refractivity contribution is 0.244. The van der Waals surface area contributed by atoms with E-state index >= 15 is 0 Å². The van der Waals surface area contributed by atoms with E-state index in [1.54, 1.807) is 0 Å². The number of nitrogens with zero attached hydrogens (tertiary/aromatic N) is 3. The third-order valence-electron chi connectivity index (χ3n) is 3.20. The first-order chi connectivity index (χ1) is 8.29. The second kappa shape index (κ2) is 4.13. The van der Waals surface area contributed by atoms with Crippen LogP contribution in [0.1, 0.15) is 12.5 Å². The molecule has 2 heterocycles. The number of allylic oxidation sites excluding steroid dienone is 1. The number of halogens is 1. The van der Waals surface area contributed by atoms with Gasteiger partial charge in [-0.2, -0.15) is 0 Å². The van der Waals surface area contributed by atoms with Crippen LogP contribution in [0.25, 0.3) is 11.0 Å². The van der Waals surface area contributed by atoms with Crippen molar-refractivity contribution in [3.8, 4) is 0 Å². The molecule has 0 aliphatic heterocycles. The molecule has 1 aliphatic rings. The van der Waals surface area contributed by atoms with Crippen molar-refractivity contribution < 1.29 is 5.11 Å². The highest BCUT2D eigenvalue weighted by Crippen LogP contribution is 2.31. The van der Waals surface area contributed by atoms with Crippen molar-refractivity contribution in [1.29, 1.82) is 0 Å². The number of aliphatic hydroxyl groups is 1. The van der Waals surface area contributed by atoms with Crippen molar-refractivity contribution in [2.24, 2.45) is 5.92 Å². The Morgan fingerprint density at radius 3 is 3.06 bits per heavy atom. The summed E-state index contributed by atoms with van der Waals surface area (Å²) in [6.45, 7) is 0.196. The van der Waals surface area contributed by atoms with Gasteiger partial charge in [0.2, 0.25) is 0 Å². The summed E-state index contributed by atoms with van der Waals surface area (Å²) in [5.41, 5.74) is 0.846. The Morgan fingerprint density at radius 1 is 1.41 bits per heavy atom. The zero-order valence-corrected chi connectivity index (χ0v) is 9.88. The molecule has 2 atom stereocenters. The summed E-state index contributed by atoms with van der Waals surface area (Å²) in [4.78, 5) is 8.23. The lowest BCUT2D eigenvalue weighted by Crippen LogP contribution is -2.07. The number of hydrogen-bond donors (Lipinski definition) is 1. The van der Waals surface area contributed by atoms with Crippen molar-refractivity contribution in [3.05, 3.63) is 35.9 Å². The minimum Gasteiger partial charge on any atom is -0.396 e. The average molecular weight is 250 g/mol. The van der Waals surface area contributed by atoms with Crippen molar-refractivity contribution in [2.75, 3.05) is 6.61 Å². The van der Waals surface area contributed by atoms with E-state index in [0.29, 0.717) is 5.15 Å². The smallest absolute Gasteiger partial charge is 0.145 e. The van der Waals surface area contributed by atoms with Gasteiger partial charge < -0.3 is 9.67 Å². The molecule has 0 saturated carbocycles. The second-order valence-electron chi connectivity index (χ2n) is 4.26. The molecule has 0 radical (unpaired) electrons. The summed E-state index contributed by atoms with van der Waals surface area (Å²) < 4.78 is 2.08. The molecule has 1 N–H and O–H groups in total. The number of fused-ring (bicyclic) bond motifs is 1. The molecule has 88 valence electrons. The van der Waals surface area contributed by atoms with E-state index in [1.165, 1.54) is 6.33 Å². The molecule has 0 amide bonds. The van der Waals surface area contributed by atoms with Crippen LogP contribution in [-0.2, 0) is 0 Å². The lowest BCUT2D eigenvalue weighted by atomic mass is 10.1. The molecular weight excluding hydrogens is 238 g/mol. The number of aromatic nitrogens is 3. The molecule has 0 spiro atoms. The molecule has 0 fully saturated rings. The van der Waals surface area contributed by atoms with E-state index in [1.807, 2.05) is 12.3 Å². The molecule has 0 bridgehead atoms. The lowest BCUT2D eigenvalue weighted by Gasteiger charge is -2.13. The van der Waals surface area contributed by atoms with Crippen LogP contribution in [0.2, 0.25) is 5.15 Å². The molecule has 5 heteroatoms. The van der Waals surface area contributed by atoms with Crippen LogP contribution >= 0.6 is 11.6 Å². The zero-order chi connectivity index (χ0) is 11.8. The first-order valence-corrected chi connectivity index (χ1v) is 5.93. The maximum atomic E-state index is 9.13.